The second-order valence-electron chi connectivity index (χ2n) is 8.80. The fourth-order valence-electron chi connectivity index (χ4n) is 4.46. The largest absolute Gasteiger partial charge is 0.489 e. The summed E-state index contributed by atoms with van der Waals surface area (Å²) >= 11 is 12.2. The number of aromatic nitrogens is 1. The minimum Gasteiger partial charge on any atom is -0.489 e. The molecule has 35 heavy (non-hydrogen) atoms. The van der Waals surface area contributed by atoms with Crippen LogP contribution in [0.25, 0.3) is 11.8 Å². The highest BCUT2D eigenvalue weighted by Gasteiger charge is 2.20. The quantitative estimate of drug-likeness (QED) is 0.278. The molecule has 5 nitrogen and oxygen atoms in total. The van der Waals surface area contributed by atoms with Crippen molar-refractivity contribution in [3.05, 3.63) is 86.7 Å². The Morgan fingerprint density at radius 1 is 1.14 bits per heavy atom. The van der Waals surface area contributed by atoms with Gasteiger partial charge >= 0.3 is 0 Å². The number of aryl methyl sites for hydroxylation is 1. The van der Waals surface area contributed by atoms with Gasteiger partial charge in [0, 0.05) is 38.7 Å². The summed E-state index contributed by atoms with van der Waals surface area (Å²) in [7, 11) is 0. The third kappa shape index (κ3) is 5.90. The van der Waals surface area contributed by atoms with Crippen molar-refractivity contribution < 1.29 is 9.53 Å². The van der Waals surface area contributed by atoms with Crippen molar-refractivity contribution in [1.29, 1.82) is 5.26 Å². The number of amides is 1. The van der Waals surface area contributed by atoms with E-state index in [9.17, 15) is 10.1 Å². The summed E-state index contributed by atoms with van der Waals surface area (Å²) in [6.45, 7) is 4.32. The minimum atomic E-state index is -0.300. The number of nitrogens with zero attached hydrogens (tertiary/aromatic N) is 2. The van der Waals surface area contributed by atoms with Crippen molar-refractivity contribution in [1.82, 2.24) is 9.88 Å². The maximum absolute atomic E-state index is 12.6. The molecule has 3 aromatic rings. The first-order valence-electron chi connectivity index (χ1n) is 11.6. The predicted octanol–water partition coefficient (Wildman–Crippen LogP) is 6.95. The number of ether oxygens (including phenoxy) is 1. The second kappa shape index (κ2) is 11.0. The van der Waals surface area contributed by atoms with Gasteiger partial charge in [0.25, 0.3) is 5.91 Å². The molecule has 1 saturated carbocycles. The number of halogens is 2. The molecule has 0 atom stereocenters. The van der Waals surface area contributed by atoms with Gasteiger partial charge in [-0.1, -0.05) is 42.1 Å². The third-order valence-corrected chi connectivity index (χ3v) is 6.92. The van der Waals surface area contributed by atoms with E-state index in [2.05, 4.69) is 16.0 Å². The molecule has 0 aliphatic heterocycles. The van der Waals surface area contributed by atoms with E-state index in [1.807, 2.05) is 50.2 Å². The Balaban J connectivity index is 1.49. The Morgan fingerprint density at radius 2 is 1.86 bits per heavy atom. The van der Waals surface area contributed by atoms with Crippen LogP contribution in [0.3, 0.4) is 0 Å². The molecule has 1 amide bonds. The smallest absolute Gasteiger partial charge is 0.262 e. The summed E-state index contributed by atoms with van der Waals surface area (Å²) in [5, 5.41) is 13.7. The number of carbonyl (C=O) groups excluding carboxylic acids is 1. The van der Waals surface area contributed by atoms with Crippen LogP contribution in [0.2, 0.25) is 10.0 Å². The Hall–Kier alpha value is -3.20. The number of hydrogen-bond acceptors (Lipinski definition) is 3. The van der Waals surface area contributed by atoms with Crippen LogP contribution in [-0.4, -0.2) is 16.5 Å². The monoisotopic (exact) mass is 507 g/mol. The summed E-state index contributed by atoms with van der Waals surface area (Å²) in [5.41, 5.74) is 4.75. The van der Waals surface area contributed by atoms with Crippen molar-refractivity contribution >= 4 is 35.2 Å². The van der Waals surface area contributed by atoms with E-state index in [4.69, 9.17) is 27.9 Å². The lowest BCUT2D eigenvalue weighted by Gasteiger charge is -2.12. The van der Waals surface area contributed by atoms with E-state index < -0.39 is 0 Å². The first-order chi connectivity index (χ1) is 16.9. The first-order valence-corrected chi connectivity index (χ1v) is 12.4. The summed E-state index contributed by atoms with van der Waals surface area (Å²) in [5.74, 6) is 0.421. The Kier molecular flexibility index (Phi) is 7.85. The van der Waals surface area contributed by atoms with Crippen LogP contribution >= 0.6 is 23.2 Å². The summed E-state index contributed by atoms with van der Waals surface area (Å²) in [6, 6.07) is 17.3. The van der Waals surface area contributed by atoms with Gasteiger partial charge in [0.05, 0.1) is 0 Å². The first kappa shape index (κ1) is 24.9. The highest BCUT2D eigenvalue weighted by molar-refractivity contribution is 6.35. The molecular formula is C28H27Cl2N3O2. The molecule has 7 heteroatoms. The Bertz CT molecular complexity index is 1300. The van der Waals surface area contributed by atoms with Crippen LogP contribution in [0.4, 0.5) is 0 Å². The lowest BCUT2D eigenvalue weighted by molar-refractivity contribution is -0.117. The molecule has 2 aromatic carbocycles. The lowest BCUT2D eigenvalue weighted by atomic mass is 10.1. The molecule has 1 fully saturated rings. The molecule has 0 spiro atoms. The fourth-order valence-corrected chi connectivity index (χ4v) is 4.92. The molecule has 0 unspecified atom stereocenters. The summed E-state index contributed by atoms with van der Waals surface area (Å²) in [6.07, 6.45) is 5.88. The molecule has 180 valence electrons. The van der Waals surface area contributed by atoms with E-state index in [0.717, 1.165) is 59.6 Å². The lowest BCUT2D eigenvalue weighted by Crippen LogP contribution is -2.33. The van der Waals surface area contributed by atoms with E-state index in [1.165, 1.54) is 0 Å². The van der Waals surface area contributed by atoms with Gasteiger partial charge in [0.1, 0.15) is 24.0 Å². The SMILES string of the molecule is Cc1cc(/C=C(/C#N)C(=O)NC2CCCC2)c(C)n1-c1ccc(OCc2ccc(Cl)cc2Cl)cc1. The molecule has 1 aromatic heterocycles. The van der Waals surface area contributed by atoms with E-state index >= 15 is 0 Å². The number of nitriles is 1. The highest BCUT2D eigenvalue weighted by Crippen LogP contribution is 2.26. The Labute approximate surface area is 215 Å². The number of benzene rings is 2. The van der Waals surface area contributed by atoms with Crippen LogP contribution in [-0.2, 0) is 11.4 Å². The normalized spacial score (nSPS) is 14.1. The van der Waals surface area contributed by atoms with Crippen molar-refractivity contribution in [3.8, 4) is 17.5 Å². The van der Waals surface area contributed by atoms with Gasteiger partial charge in [-0.05, 0) is 80.8 Å². The van der Waals surface area contributed by atoms with Crippen molar-refractivity contribution in [2.45, 2.75) is 52.2 Å². The molecule has 1 aliphatic rings. The maximum Gasteiger partial charge on any atom is 0.262 e. The van der Waals surface area contributed by atoms with Crippen LogP contribution in [0.1, 0.15) is 48.2 Å². The highest BCUT2D eigenvalue weighted by atomic mass is 35.5. The van der Waals surface area contributed by atoms with Crippen LogP contribution < -0.4 is 10.1 Å². The topological polar surface area (TPSA) is 67.0 Å². The predicted molar refractivity (Wildman–Crippen MR) is 140 cm³/mol. The van der Waals surface area contributed by atoms with Gasteiger partial charge in [-0.15, -0.1) is 0 Å². The number of carbonyl (C=O) groups is 1. The molecular weight excluding hydrogens is 481 g/mol. The van der Waals surface area contributed by atoms with Crippen LogP contribution in [0.5, 0.6) is 5.75 Å². The van der Waals surface area contributed by atoms with E-state index in [0.29, 0.717) is 16.7 Å². The van der Waals surface area contributed by atoms with Gasteiger partial charge in [-0.2, -0.15) is 5.26 Å². The zero-order chi connectivity index (χ0) is 24.9. The molecule has 0 saturated heterocycles. The van der Waals surface area contributed by atoms with Gasteiger partial charge in [-0.25, -0.2) is 0 Å². The molecule has 1 aliphatic carbocycles. The molecule has 1 heterocycles. The molecule has 1 N–H and O–H groups in total. The van der Waals surface area contributed by atoms with Crippen LogP contribution in [0, 0.1) is 25.2 Å². The Morgan fingerprint density at radius 3 is 2.51 bits per heavy atom. The number of hydrogen-bond donors (Lipinski definition) is 1. The minimum absolute atomic E-state index is 0.127. The second-order valence-corrected chi connectivity index (χ2v) is 9.65. The number of nitrogens with one attached hydrogen (secondary N) is 1. The van der Waals surface area contributed by atoms with E-state index in [1.54, 1.807) is 18.2 Å². The van der Waals surface area contributed by atoms with Gasteiger partial charge in [0.2, 0.25) is 0 Å². The molecule has 0 radical (unpaired) electrons. The van der Waals surface area contributed by atoms with Crippen LogP contribution in [0.15, 0.2) is 54.1 Å². The fraction of sp³-hybridized carbons (Fsp3) is 0.286. The number of rotatable bonds is 7. The average Bonchev–Trinajstić information content (AvgIpc) is 3.44. The molecule has 4 rings (SSSR count). The van der Waals surface area contributed by atoms with Crippen molar-refractivity contribution in [2.24, 2.45) is 0 Å². The standard InChI is InChI=1S/C28H27Cl2N3O2/c1-18-13-21(14-22(16-31)28(34)32-24-5-3-4-6-24)19(2)33(18)25-9-11-26(12-10-25)35-17-20-7-8-23(29)15-27(20)30/h7-15,24H,3-6,17H2,1-2H3,(H,32,34)/b22-14-. The van der Waals surface area contributed by atoms with E-state index in [-0.39, 0.29) is 17.5 Å². The average molecular weight is 508 g/mol. The summed E-state index contributed by atoms with van der Waals surface area (Å²) in [4.78, 5) is 12.6. The van der Waals surface area contributed by atoms with Gasteiger partial charge in [-0.3, -0.25) is 4.79 Å². The third-order valence-electron chi connectivity index (χ3n) is 6.33. The van der Waals surface area contributed by atoms with Crippen molar-refractivity contribution in [3.63, 3.8) is 0 Å². The van der Waals surface area contributed by atoms with Crippen molar-refractivity contribution in [2.75, 3.05) is 0 Å². The molecule has 0 bridgehead atoms. The zero-order valence-corrected chi connectivity index (χ0v) is 21.3. The maximum atomic E-state index is 12.6. The summed E-state index contributed by atoms with van der Waals surface area (Å²) < 4.78 is 7.98. The zero-order valence-electron chi connectivity index (χ0n) is 19.8. The van der Waals surface area contributed by atoms with Gasteiger partial charge in [0.15, 0.2) is 0 Å². The van der Waals surface area contributed by atoms with Gasteiger partial charge < -0.3 is 14.6 Å².